The number of phenols is 1. The fourth-order valence-electron chi connectivity index (χ4n) is 7.16. The van der Waals surface area contributed by atoms with Crippen molar-refractivity contribution in [3.8, 4) is 17.2 Å². The van der Waals surface area contributed by atoms with E-state index in [1.807, 2.05) is 13.0 Å². The van der Waals surface area contributed by atoms with E-state index in [-0.39, 0.29) is 47.8 Å². The van der Waals surface area contributed by atoms with Gasteiger partial charge in [0.15, 0.2) is 41.6 Å². The third-order valence-corrected chi connectivity index (χ3v) is 9.16. The lowest BCUT2D eigenvalue weighted by atomic mass is 9.60. The number of benzene rings is 1. The summed E-state index contributed by atoms with van der Waals surface area (Å²) in [4.78, 5) is 69.9. The average molecular weight is 628 g/mol. The molecule has 3 N–H and O–H groups in total. The number of aromatic hydroxyl groups is 1. The number of ketones is 3. The number of ether oxygens (including phenoxy) is 4. The highest BCUT2D eigenvalue weighted by atomic mass is 16.7. The number of carbonyl (C=O) groups excluding carboxylic acids is 4. The van der Waals surface area contributed by atoms with Crippen molar-refractivity contribution >= 4 is 23.3 Å². The Morgan fingerprint density at radius 2 is 1.87 bits per heavy atom. The average Bonchev–Trinajstić information content (AvgIpc) is 3.02. The summed E-state index contributed by atoms with van der Waals surface area (Å²) in [5.41, 5.74) is -4.60. The van der Waals surface area contributed by atoms with Crippen molar-refractivity contribution in [2.45, 2.75) is 50.6 Å². The van der Waals surface area contributed by atoms with Crippen molar-refractivity contribution in [1.29, 1.82) is 0 Å². The lowest BCUT2D eigenvalue weighted by Crippen LogP contribution is -2.56. The van der Waals surface area contributed by atoms with Crippen LogP contribution in [0.3, 0.4) is 0 Å². The van der Waals surface area contributed by atoms with Crippen LogP contribution in [-0.2, 0) is 19.9 Å². The first-order chi connectivity index (χ1) is 22.1. The fourth-order valence-corrected chi connectivity index (χ4v) is 7.16. The molecule has 1 aromatic carbocycles. The summed E-state index contributed by atoms with van der Waals surface area (Å²) in [7, 11) is 0. The van der Waals surface area contributed by atoms with Crippen LogP contribution in [0.5, 0.6) is 17.2 Å². The number of Topliss-reactive ketones (excluding diaryl/α,β-unsaturated/α-hetero) is 3. The van der Waals surface area contributed by atoms with Gasteiger partial charge >= 0.3 is 5.97 Å². The molecule has 0 bridgehead atoms. The molecule has 3 heterocycles. The Hall–Kier alpha value is -5.07. The van der Waals surface area contributed by atoms with Crippen LogP contribution in [0.25, 0.3) is 0 Å². The van der Waals surface area contributed by atoms with Crippen molar-refractivity contribution in [1.82, 2.24) is 4.98 Å². The molecule has 5 aliphatic rings. The Bertz CT molecular complexity index is 1910. The second kappa shape index (κ2) is 10.8. The molecule has 2 aromatic rings. The summed E-state index contributed by atoms with van der Waals surface area (Å²) >= 11 is 0. The van der Waals surface area contributed by atoms with Gasteiger partial charge in [0.1, 0.15) is 17.4 Å². The van der Waals surface area contributed by atoms with E-state index in [0.29, 0.717) is 5.69 Å². The number of esters is 1. The van der Waals surface area contributed by atoms with Crippen LogP contribution in [0.1, 0.15) is 73.8 Å². The smallest absolute Gasteiger partial charge is 0.331 e. The van der Waals surface area contributed by atoms with E-state index in [2.05, 4.69) is 4.98 Å². The minimum Gasteiger partial charge on any atom is -0.507 e. The molecule has 6 atom stereocenters. The molecule has 1 aromatic heterocycles. The first kappa shape index (κ1) is 29.6. The number of nitrogens with one attached hydrogen (secondary N) is 1. The number of hydrogen-bond donors (Lipinski definition) is 3. The Morgan fingerprint density at radius 1 is 1.09 bits per heavy atom. The highest BCUT2D eigenvalue weighted by molar-refractivity contribution is 6.20. The zero-order chi connectivity index (χ0) is 32.5. The molecule has 0 saturated carbocycles. The number of aromatic nitrogens is 1. The summed E-state index contributed by atoms with van der Waals surface area (Å²) in [5.74, 6) is -6.31. The predicted octanol–water partition coefficient (Wildman–Crippen LogP) is 3.20. The molecule has 3 aliphatic carbocycles. The molecule has 236 valence electrons. The zero-order valence-corrected chi connectivity index (χ0v) is 24.8. The number of aryl methyl sites for hydroxylation is 1. The Labute approximate surface area is 261 Å². The van der Waals surface area contributed by atoms with E-state index in [9.17, 15) is 34.2 Å². The number of aromatic amines is 1. The van der Waals surface area contributed by atoms with Gasteiger partial charge in [-0.2, -0.15) is 0 Å². The molecule has 46 heavy (non-hydrogen) atoms. The van der Waals surface area contributed by atoms with Gasteiger partial charge in [0.25, 0.3) is 5.56 Å². The van der Waals surface area contributed by atoms with Crippen molar-refractivity contribution in [2.24, 2.45) is 11.8 Å². The minimum absolute atomic E-state index is 0.0383. The van der Waals surface area contributed by atoms with Crippen molar-refractivity contribution in [3.05, 3.63) is 98.5 Å². The van der Waals surface area contributed by atoms with E-state index < -0.39 is 81.5 Å². The molecule has 7 rings (SSSR count). The highest BCUT2D eigenvalue weighted by Gasteiger charge is 2.63. The molecule has 12 nitrogen and oxygen atoms in total. The van der Waals surface area contributed by atoms with Gasteiger partial charge < -0.3 is 34.1 Å². The van der Waals surface area contributed by atoms with Gasteiger partial charge in [-0.3, -0.25) is 19.2 Å². The number of hydrogen-bond acceptors (Lipinski definition) is 11. The van der Waals surface area contributed by atoms with Gasteiger partial charge in [0, 0.05) is 28.5 Å². The van der Waals surface area contributed by atoms with E-state index >= 15 is 0 Å². The van der Waals surface area contributed by atoms with Crippen LogP contribution >= 0.6 is 0 Å². The lowest BCUT2D eigenvalue weighted by molar-refractivity contribution is -0.146. The summed E-state index contributed by atoms with van der Waals surface area (Å²) in [6, 6.07) is 1.38. The molecule has 0 saturated heterocycles. The van der Waals surface area contributed by atoms with E-state index in [1.54, 1.807) is 37.3 Å². The first-order valence-electron chi connectivity index (χ1n) is 14.8. The van der Waals surface area contributed by atoms with Crippen LogP contribution < -0.4 is 15.0 Å². The third kappa shape index (κ3) is 4.17. The maximum Gasteiger partial charge on any atom is 0.331 e. The summed E-state index contributed by atoms with van der Waals surface area (Å²) in [6.45, 7) is 3.11. The second-order valence-corrected chi connectivity index (χ2v) is 11.8. The Balaban J connectivity index is 1.33. The summed E-state index contributed by atoms with van der Waals surface area (Å²) in [5, 5.41) is 24.0. The second-order valence-electron chi connectivity index (χ2n) is 11.8. The van der Waals surface area contributed by atoms with Crippen molar-refractivity contribution in [2.75, 3.05) is 6.79 Å². The number of carbonyl (C=O) groups is 4. The monoisotopic (exact) mass is 627 g/mol. The SMILES string of the molecule is C/C=C/C=C/C=C/C(=O)O[C@@H]1C=CC[C@H]2C(=O)c3c(O)c4c5c(c3O[C@H]12)OCO[C@@H]5C[C@@H]1C(=O)c2cc(C)[nH]c(=O)c2C(=O)[C@]41O. The topological polar surface area (TPSA) is 179 Å². The van der Waals surface area contributed by atoms with Gasteiger partial charge in [-0.15, -0.1) is 0 Å². The largest absolute Gasteiger partial charge is 0.507 e. The molecule has 0 unspecified atom stereocenters. The molecule has 0 amide bonds. The van der Waals surface area contributed by atoms with Crippen molar-refractivity contribution in [3.63, 3.8) is 0 Å². The predicted molar refractivity (Wildman–Crippen MR) is 159 cm³/mol. The van der Waals surface area contributed by atoms with Crippen LogP contribution in [0, 0.1) is 18.8 Å². The minimum atomic E-state index is -2.70. The van der Waals surface area contributed by atoms with Crippen molar-refractivity contribution < 1.29 is 48.3 Å². The normalized spacial score (nSPS) is 29.1. The highest BCUT2D eigenvalue weighted by Crippen LogP contribution is 2.61. The Morgan fingerprint density at radius 3 is 2.65 bits per heavy atom. The van der Waals surface area contributed by atoms with Gasteiger partial charge in [0.05, 0.1) is 23.5 Å². The maximum atomic E-state index is 14.1. The van der Waals surface area contributed by atoms with Crippen LogP contribution in [0.15, 0.2) is 59.5 Å². The van der Waals surface area contributed by atoms with Gasteiger partial charge in [0.2, 0.25) is 5.78 Å². The number of H-pyrrole nitrogens is 1. The van der Waals surface area contributed by atoms with E-state index in [4.69, 9.17) is 18.9 Å². The summed E-state index contributed by atoms with van der Waals surface area (Å²) < 4.78 is 23.5. The van der Waals surface area contributed by atoms with Gasteiger partial charge in [-0.1, -0.05) is 36.5 Å². The summed E-state index contributed by atoms with van der Waals surface area (Å²) in [6.07, 6.45) is 10.2. The molecular weight excluding hydrogens is 598 g/mol. The number of allylic oxidation sites excluding steroid dienone is 6. The molecule has 12 heteroatoms. The van der Waals surface area contributed by atoms with E-state index in [0.717, 1.165) is 0 Å². The zero-order valence-electron chi connectivity index (χ0n) is 24.8. The molecule has 0 radical (unpaired) electrons. The van der Waals surface area contributed by atoms with Crippen LogP contribution in [0.2, 0.25) is 0 Å². The lowest BCUT2D eigenvalue weighted by Gasteiger charge is -2.48. The molecule has 0 fully saturated rings. The third-order valence-electron chi connectivity index (χ3n) is 9.16. The molecule has 2 aliphatic heterocycles. The van der Waals surface area contributed by atoms with E-state index in [1.165, 1.54) is 18.2 Å². The van der Waals surface area contributed by atoms with Crippen LogP contribution in [0.4, 0.5) is 0 Å². The number of fused-ring (bicyclic) bond motifs is 6. The number of phenolic OH excluding ortho intramolecular Hbond substituents is 1. The standard InChI is InChI=1S/C34H29NO11/c1-3-4-5-6-7-11-21(36)45-19-10-8-9-16-27(38)24-28(39)25-23-20(43-14-44-30(23)31(24)46-29(16)19)13-18-26(37)17-12-15(2)35-33(41)22(17)32(40)34(18,25)42/h3-8,10-12,16,18-20,29,39,42H,9,13-14H2,1-2H3,(H,35,41)/b4-3+,6-5+,11-7+/t16-,18+,19+,20+,29-,34+/m0/s1. The number of aliphatic hydroxyl groups is 1. The quantitative estimate of drug-likeness (QED) is 0.196. The molecular formula is C34H29NO11. The van der Waals surface area contributed by atoms with Crippen LogP contribution in [-0.4, -0.2) is 57.5 Å². The molecule has 0 spiro atoms. The van der Waals surface area contributed by atoms with Gasteiger partial charge in [-0.05, 0) is 38.8 Å². The Kier molecular flexibility index (Phi) is 6.94. The van der Waals surface area contributed by atoms with Gasteiger partial charge in [-0.25, -0.2) is 4.79 Å². The fraction of sp³-hybridized carbons (Fsp3) is 0.324. The maximum absolute atomic E-state index is 14.1. The number of pyridine rings is 1. The first-order valence-corrected chi connectivity index (χ1v) is 14.8. The number of rotatable bonds is 4.